The summed E-state index contributed by atoms with van der Waals surface area (Å²) in [6.45, 7) is 8.64. The molecule has 3 aliphatic heterocycles. The fraction of sp³-hybridized carbons (Fsp3) is 0.229. The molecule has 48 heavy (non-hydrogen) atoms. The first-order valence-corrected chi connectivity index (χ1v) is 19.7. The number of rotatable bonds is 3. The molecule has 2 aromatic heterocycles. The molecule has 246 valence electrons. The van der Waals surface area contributed by atoms with E-state index in [2.05, 4.69) is 60.1 Å². The van der Waals surface area contributed by atoms with Gasteiger partial charge in [0.2, 0.25) is 5.36 Å². The summed E-state index contributed by atoms with van der Waals surface area (Å²) in [5, 5.41) is 5.62. The van der Waals surface area contributed by atoms with E-state index in [0.717, 1.165) is 55.2 Å². The van der Waals surface area contributed by atoms with Crippen molar-refractivity contribution in [3.8, 4) is 32.4 Å². The summed E-state index contributed by atoms with van der Waals surface area (Å²) < 4.78 is 79.4. The third-order valence-corrected chi connectivity index (χ3v) is 13.9. The number of anilines is 1. The van der Waals surface area contributed by atoms with E-state index >= 15 is 0 Å². The van der Waals surface area contributed by atoms with Crippen LogP contribution in [0.4, 0.5) is 5.69 Å². The first-order valence-electron chi connectivity index (χ1n) is 15.1. The van der Waals surface area contributed by atoms with E-state index in [1.165, 1.54) is 6.07 Å². The standard InChI is InChI=1S/C35H30N2O7S4/c1-34(2)24-9-11-45-32(24)20-14-22-28(16-26(20)36(34)5)44-29-17-27-21(33-25(10-12-46-33)35(3,4)37(27)6)15-23(29)31(22)19-8-7-18(47(38,39)40)13-30(19)48(41,42)43/h7-17H,1-6H3,(H-,38,39,40,41,42,43)/p+1. The van der Waals surface area contributed by atoms with Crippen molar-refractivity contribution in [2.24, 2.45) is 0 Å². The van der Waals surface area contributed by atoms with Crippen molar-refractivity contribution < 1.29 is 30.7 Å². The van der Waals surface area contributed by atoms with Gasteiger partial charge in [-0.3, -0.25) is 9.11 Å². The Morgan fingerprint density at radius 1 is 0.750 bits per heavy atom. The van der Waals surface area contributed by atoms with Crippen LogP contribution in [-0.4, -0.2) is 40.0 Å². The molecule has 0 atom stereocenters. The highest BCUT2D eigenvalue weighted by atomic mass is 32.2. The number of hydrogen-bond donors (Lipinski definition) is 2. The summed E-state index contributed by atoms with van der Waals surface area (Å²) in [5.41, 5.74) is 5.59. The quantitative estimate of drug-likeness (QED) is 0.168. The number of hydrogen-bond acceptors (Lipinski definition) is 8. The molecular weight excluding hydrogens is 689 g/mol. The van der Waals surface area contributed by atoms with Gasteiger partial charge in [-0.25, -0.2) is 4.58 Å². The second-order valence-corrected chi connectivity index (χ2v) is 18.0. The van der Waals surface area contributed by atoms with Crippen LogP contribution in [0.5, 0.6) is 11.5 Å². The molecule has 0 amide bonds. The van der Waals surface area contributed by atoms with Crippen LogP contribution in [0.1, 0.15) is 49.9 Å². The summed E-state index contributed by atoms with van der Waals surface area (Å²) in [7, 11) is -5.70. The van der Waals surface area contributed by atoms with E-state index in [9.17, 15) is 25.9 Å². The molecule has 2 N–H and O–H groups in total. The molecule has 3 aliphatic rings. The average molecular weight is 720 g/mol. The minimum absolute atomic E-state index is 0.0717. The summed E-state index contributed by atoms with van der Waals surface area (Å²) in [6, 6.07) is 15.4. The second-order valence-electron chi connectivity index (χ2n) is 13.4. The molecule has 0 saturated heterocycles. The molecular formula is C35H31N2O7S4+. The summed E-state index contributed by atoms with van der Waals surface area (Å²) >= 11 is 3.24. The molecule has 0 aliphatic carbocycles. The van der Waals surface area contributed by atoms with Gasteiger partial charge in [-0.15, -0.1) is 22.7 Å². The van der Waals surface area contributed by atoms with Crippen molar-refractivity contribution >= 4 is 54.2 Å². The van der Waals surface area contributed by atoms with Gasteiger partial charge in [0.05, 0.1) is 26.9 Å². The number of nitrogens with zero attached hydrogens (tertiary/aromatic N) is 2. The average Bonchev–Trinajstić information content (AvgIpc) is 3.71. The zero-order chi connectivity index (χ0) is 34.3. The summed E-state index contributed by atoms with van der Waals surface area (Å²) in [5.74, 6) is 0.960. The summed E-state index contributed by atoms with van der Waals surface area (Å²) in [6.07, 6.45) is 0. The van der Waals surface area contributed by atoms with E-state index in [-0.39, 0.29) is 16.6 Å². The molecule has 0 fully saturated rings. The smallest absolute Gasteiger partial charge is 0.295 e. The van der Waals surface area contributed by atoms with Crippen LogP contribution in [-0.2, 0) is 31.3 Å². The molecule has 3 aromatic carbocycles. The normalized spacial score (nSPS) is 17.0. The molecule has 13 heteroatoms. The molecule has 8 rings (SSSR count). The van der Waals surface area contributed by atoms with Crippen LogP contribution in [0, 0.1) is 0 Å². The number of benzene rings is 3. The van der Waals surface area contributed by atoms with Crippen molar-refractivity contribution in [2.45, 2.75) is 48.6 Å². The first-order chi connectivity index (χ1) is 22.4. The van der Waals surface area contributed by atoms with Crippen LogP contribution < -0.4 is 24.8 Å². The Hall–Kier alpha value is -3.85. The summed E-state index contributed by atoms with van der Waals surface area (Å²) in [4.78, 5) is 3.06. The van der Waals surface area contributed by atoms with Crippen molar-refractivity contribution in [3.05, 3.63) is 98.2 Å². The van der Waals surface area contributed by atoms with Crippen LogP contribution in [0.3, 0.4) is 0 Å². The highest BCUT2D eigenvalue weighted by molar-refractivity contribution is 7.86. The first kappa shape index (κ1) is 31.4. The van der Waals surface area contributed by atoms with Crippen molar-refractivity contribution in [1.82, 2.24) is 4.58 Å². The zero-order valence-electron chi connectivity index (χ0n) is 26.8. The van der Waals surface area contributed by atoms with Gasteiger partial charge in [-0.2, -0.15) is 16.8 Å². The maximum atomic E-state index is 13.0. The molecule has 5 heterocycles. The Bertz CT molecular complexity index is 2630. The number of thiophene rings is 2. The van der Waals surface area contributed by atoms with Gasteiger partial charge in [-0.1, -0.05) is 6.07 Å². The maximum absolute atomic E-state index is 13.0. The third kappa shape index (κ3) is 4.28. The van der Waals surface area contributed by atoms with E-state index < -0.39 is 30.0 Å². The van der Waals surface area contributed by atoms with Gasteiger partial charge in [0.15, 0.2) is 5.54 Å². The van der Waals surface area contributed by atoms with Gasteiger partial charge in [0.1, 0.15) is 23.4 Å². The van der Waals surface area contributed by atoms with Crippen molar-refractivity contribution in [1.29, 1.82) is 0 Å². The Morgan fingerprint density at radius 2 is 1.42 bits per heavy atom. The Balaban J connectivity index is 1.55. The van der Waals surface area contributed by atoms with Gasteiger partial charge in [0.25, 0.3) is 20.2 Å². The van der Waals surface area contributed by atoms with Gasteiger partial charge in [-0.05, 0) is 66.6 Å². The predicted octanol–water partition coefficient (Wildman–Crippen LogP) is 6.04. The van der Waals surface area contributed by atoms with Crippen molar-refractivity contribution in [3.63, 3.8) is 0 Å². The van der Waals surface area contributed by atoms with Crippen LogP contribution in [0.15, 0.2) is 75.1 Å². The topological polar surface area (TPSA) is 124 Å². The van der Waals surface area contributed by atoms with E-state index in [0.29, 0.717) is 27.9 Å². The largest absolute Gasteiger partial charge is 0.456 e. The fourth-order valence-corrected chi connectivity index (χ4v) is 10.7. The van der Waals surface area contributed by atoms with Crippen LogP contribution >= 0.6 is 22.7 Å². The lowest BCUT2D eigenvalue weighted by Gasteiger charge is -2.43. The highest BCUT2D eigenvalue weighted by Gasteiger charge is 2.41. The van der Waals surface area contributed by atoms with Crippen LogP contribution in [0.2, 0.25) is 0 Å². The minimum atomic E-state index is -4.98. The predicted molar refractivity (Wildman–Crippen MR) is 188 cm³/mol. The van der Waals surface area contributed by atoms with Gasteiger partial charge < -0.3 is 9.64 Å². The number of fused-ring (bicyclic) bond motifs is 8. The molecule has 0 bridgehead atoms. The molecule has 0 unspecified atom stereocenters. The van der Waals surface area contributed by atoms with Crippen LogP contribution in [0.25, 0.3) is 26.5 Å². The SMILES string of the molecule is CN1c2cc3c(cc2-c2sccc2C1(C)C)C(c1ccc(S(=O)(=O)O)cc1S(=O)(=O)O)=c1cc2c(cc1O3)=[N+](C)C(C)(C)c1ccsc1-2. The lowest BCUT2D eigenvalue weighted by molar-refractivity contribution is 0.368. The number of ether oxygens (including phenoxy) is 1. The van der Waals surface area contributed by atoms with Gasteiger partial charge >= 0.3 is 0 Å². The van der Waals surface area contributed by atoms with Crippen molar-refractivity contribution in [2.75, 3.05) is 19.0 Å². The Morgan fingerprint density at radius 3 is 2.08 bits per heavy atom. The Kier molecular flexibility index (Phi) is 6.46. The van der Waals surface area contributed by atoms with E-state index in [1.807, 2.05) is 38.4 Å². The molecule has 0 spiro atoms. The zero-order valence-corrected chi connectivity index (χ0v) is 30.1. The minimum Gasteiger partial charge on any atom is -0.456 e. The van der Waals surface area contributed by atoms with Gasteiger partial charge in [0, 0.05) is 70.6 Å². The monoisotopic (exact) mass is 719 g/mol. The van der Waals surface area contributed by atoms with E-state index in [1.54, 1.807) is 22.7 Å². The maximum Gasteiger partial charge on any atom is 0.295 e. The Labute approximate surface area is 286 Å². The second kappa shape index (κ2) is 9.87. The molecule has 5 aromatic rings. The highest BCUT2D eigenvalue weighted by Crippen LogP contribution is 2.53. The fourth-order valence-electron chi connectivity index (χ4n) is 7.22. The third-order valence-electron chi connectivity index (χ3n) is 10.3. The lowest BCUT2D eigenvalue weighted by atomic mass is 9.83. The lowest BCUT2D eigenvalue weighted by Crippen LogP contribution is -2.46. The van der Waals surface area contributed by atoms with E-state index in [4.69, 9.17) is 4.74 Å². The molecule has 9 nitrogen and oxygen atoms in total. The molecule has 0 saturated carbocycles. The molecule has 0 radical (unpaired) electrons.